The summed E-state index contributed by atoms with van der Waals surface area (Å²) in [6.45, 7) is 9.15. The lowest BCUT2D eigenvalue weighted by molar-refractivity contribution is 0.138. The Bertz CT molecular complexity index is 254. The van der Waals surface area contributed by atoms with E-state index in [1.807, 2.05) is 6.92 Å². The van der Waals surface area contributed by atoms with Gasteiger partial charge in [-0.25, -0.2) is 8.42 Å². The average Bonchev–Trinajstić information content (AvgIpc) is 1.99. The van der Waals surface area contributed by atoms with Crippen LogP contribution >= 0.6 is 0 Å². The molecule has 0 aliphatic heterocycles. The molecule has 0 amide bonds. The van der Waals surface area contributed by atoms with Crippen LogP contribution in [0.25, 0.3) is 0 Å². The largest absolute Gasteiger partial charge is 0.358 e. The summed E-state index contributed by atoms with van der Waals surface area (Å²) >= 11 is 0. The first kappa shape index (κ1) is 12.7. The van der Waals surface area contributed by atoms with Crippen molar-refractivity contribution in [2.24, 2.45) is 0 Å². The fourth-order valence-electron chi connectivity index (χ4n) is 0.814. The molecule has 1 atom stereocenters. The van der Waals surface area contributed by atoms with Crippen molar-refractivity contribution in [2.75, 3.05) is 12.4 Å². The second-order valence-electron chi connectivity index (χ2n) is 3.20. The molecule has 0 aromatic carbocycles. The zero-order valence-electron chi connectivity index (χ0n) is 8.54. The predicted molar refractivity (Wildman–Crippen MR) is 54.3 cm³/mol. The quantitative estimate of drug-likeness (QED) is 0.622. The second-order valence-corrected chi connectivity index (χ2v) is 5.60. The first-order chi connectivity index (χ1) is 5.90. The van der Waals surface area contributed by atoms with Gasteiger partial charge in [0, 0.05) is 0 Å². The van der Waals surface area contributed by atoms with E-state index in [0.717, 1.165) is 5.57 Å². The summed E-state index contributed by atoms with van der Waals surface area (Å²) in [5.74, 6) is 0.185. The Balaban J connectivity index is 4.09. The number of sulfone groups is 1. The molecule has 1 unspecified atom stereocenters. The van der Waals surface area contributed by atoms with E-state index in [-0.39, 0.29) is 5.75 Å². The molecule has 3 nitrogen and oxygen atoms in total. The van der Waals surface area contributed by atoms with Crippen LogP contribution in [0, 0.1) is 0 Å². The Kier molecular flexibility index (Phi) is 5.25. The van der Waals surface area contributed by atoms with Gasteiger partial charge in [-0.2, -0.15) is 0 Å². The van der Waals surface area contributed by atoms with E-state index in [1.54, 1.807) is 13.8 Å². The molecule has 0 rings (SSSR count). The number of ether oxygens (including phenoxy) is 1. The summed E-state index contributed by atoms with van der Waals surface area (Å²) in [5, 5.41) is 0. The number of hydrogen-bond donors (Lipinski definition) is 0. The van der Waals surface area contributed by atoms with Crippen LogP contribution in [0.5, 0.6) is 0 Å². The first-order valence-corrected chi connectivity index (χ1v) is 6.09. The van der Waals surface area contributed by atoms with E-state index in [0.29, 0.717) is 13.0 Å². The maximum Gasteiger partial charge on any atom is 0.176 e. The van der Waals surface area contributed by atoms with Crippen molar-refractivity contribution in [1.29, 1.82) is 0 Å². The van der Waals surface area contributed by atoms with E-state index >= 15 is 0 Å². The highest BCUT2D eigenvalue weighted by Crippen LogP contribution is 2.06. The molecular formula is C9H18O3S. The van der Waals surface area contributed by atoms with Gasteiger partial charge in [-0.1, -0.05) is 19.1 Å². The molecule has 0 fully saturated rings. The van der Waals surface area contributed by atoms with Gasteiger partial charge >= 0.3 is 0 Å². The maximum atomic E-state index is 11.4. The molecule has 0 heterocycles. The Morgan fingerprint density at radius 3 is 2.46 bits per heavy atom. The minimum absolute atomic E-state index is 0.185. The Hall–Kier alpha value is -0.350. The van der Waals surface area contributed by atoms with Gasteiger partial charge in [0.05, 0.1) is 12.4 Å². The minimum Gasteiger partial charge on any atom is -0.358 e. The lowest BCUT2D eigenvalue weighted by atomic mass is 10.4. The lowest BCUT2D eigenvalue weighted by Gasteiger charge is -2.13. The lowest BCUT2D eigenvalue weighted by Crippen LogP contribution is -2.24. The van der Waals surface area contributed by atoms with E-state index < -0.39 is 15.3 Å². The fourth-order valence-corrected chi connectivity index (χ4v) is 1.99. The summed E-state index contributed by atoms with van der Waals surface area (Å²) in [6.07, 6.45) is 0.628. The summed E-state index contributed by atoms with van der Waals surface area (Å²) in [7, 11) is -3.07. The number of rotatable bonds is 6. The van der Waals surface area contributed by atoms with Crippen molar-refractivity contribution in [2.45, 2.75) is 32.6 Å². The molecule has 0 saturated heterocycles. The summed E-state index contributed by atoms with van der Waals surface area (Å²) in [4.78, 5) is 0. The molecule has 13 heavy (non-hydrogen) atoms. The molecular weight excluding hydrogens is 188 g/mol. The van der Waals surface area contributed by atoms with E-state index in [2.05, 4.69) is 6.58 Å². The van der Waals surface area contributed by atoms with Crippen molar-refractivity contribution in [3.63, 3.8) is 0 Å². The van der Waals surface area contributed by atoms with Crippen molar-refractivity contribution in [3.05, 3.63) is 12.2 Å². The van der Waals surface area contributed by atoms with Gasteiger partial charge in [0.25, 0.3) is 0 Å². The molecule has 0 saturated carbocycles. The highest BCUT2D eigenvalue weighted by Gasteiger charge is 2.19. The first-order valence-electron chi connectivity index (χ1n) is 4.37. The van der Waals surface area contributed by atoms with E-state index in [4.69, 9.17) is 4.74 Å². The smallest absolute Gasteiger partial charge is 0.176 e. The van der Waals surface area contributed by atoms with Gasteiger partial charge in [0.1, 0.15) is 0 Å². The standard InChI is InChI=1S/C9H18O3S/c1-5-6-13(10,11)9(4)12-7-8(2)3/h9H,2,5-7H2,1,3-4H3. The molecule has 0 N–H and O–H groups in total. The summed E-state index contributed by atoms with van der Waals surface area (Å²) < 4.78 is 27.9. The third-order valence-corrected chi connectivity index (χ3v) is 3.68. The van der Waals surface area contributed by atoms with Crippen molar-refractivity contribution in [1.82, 2.24) is 0 Å². The zero-order valence-corrected chi connectivity index (χ0v) is 9.36. The van der Waals surface area contributed by atoms with Crippen LogP contribution in [0.4, 0.5) is 0 Å². The van der Waals surface area contributed by atoms with Gasteiger partial charge < -0.3 is 4.74 Å². The molecule has 0 aromatic heterocycles. The van der Waals surface area contributed by atoms with Crippen LogP contribution in [0.3, 0.4) is 0 Å². The number of hydrogen-bond acceptors (Lipinski definition) is 3. The summed E-state index contributed by atoms with van der Waals surface area (Å²) in [6, 6.07) is 0. The third kappa shape index (κ3) is 5.05. The highest BCUT2D eigenvalue weighted by molar-refractivity contribution is 7.91. The van der Waals surface area contributed by atoms with E-state index in [9.17, 15) is 8.42 Å². The molecule has 0 radical (unpaired) electrons. The topological polar surface area (TPSA) is 43.4 Å². The van der Waals surface area contributed by atoms with Gasteiger partial charge in [0.2, 0.25) is 0 Å². The van der Waals surface area contributed by atoms with E-state index in [1.165, 1.54) is 0 Å². The van der Waals surface area contributed by atoms with Crippen LogP contribution < -0.4 is 0 Å². The van der Waals surface area contributed by atoms with Crippen molar-refractivity contribution in [3.8, 4) is 0 Å². The zero-order chi connectivity index (χ0) is 10.5. The van der Waals surface area contributed by atoms with Gasteiger partial charge in [-0.05, 0) is 20.3 Å². The minimum atomic E-state index is -3.07. The molecule has 0 bridgehead atoms. The molecule has 4 heteroatoms. The van der Waals surface area contributed by atoms with Gasteiger partial charge in [-0.3, -0.25) is 0 Å². The molecule has 0 spiro atoms. The molecule has 0 aromatic rings. The second kappa shape index (κ2) is 5.40. The Labute approximate surface area is 80.7 Å². The molecule has 0 aliphatic carbocycles. The Morgan fingerprint density at radius 1 is 1.54 bits per heavy atom. The SMILES string of the molecule is C=C(C)COC(C)S(=O)(=O)CCC. The van der Waals surface area contributed by atoms with Crippen LogP contribution in [0.1, 0.15) is 27.2 Å². The van der Waals surface area contributed by atoms with Crippen LogP contribution in [-0.4, -0.2) is 26.2 Å². The van der Waals surface area contributed by atoms with Crippen LogP contribution in [0.2, 0.25) is 0 Å². The van der Waals surface area contributed by atoms with Crippen molar-refractivity contribution < 1.29 is 13.2 Å². The normalized spacial score (nSPS) is 14.1. The summed E-state index contributed by atoms with van der Waals surface area (Å²) in [5.41, 5.74) is 0.114. The molecule has 0 aliphatic rings. The van der Waals surface area contributed by atoms with Gasteiger partial charge in [0.15, 0.2) is 15.3 Å². The van der Waals surface area contributed by atoms with Crippen LogP contribution in [0.15, 0.2) is 12.2 Å². The van der Waals surface area contributed by atoms with Gasteiger partial charge in [-0.15, -0.1) is 0 Å². The fraction of sp³-hybridized carbons (Fsp3) is 0.778. The third-order valence-electron chi connectivity index (χ3n) is 1.56. The maximum absolute atomic E-state index is 11.4. The molecule has 78 valence electrons. The average molecular weight is 206 g/mol. The van der Waals surface area contributed by atoms with Crippen LogP contribution in [-0.2, 0) is 14.6 Å². The monoisotopic (exact) mass is 206 g/mol. The van der Waals surface area contributed by atoms with Crippen molar-refractivity contribution >= 4 is 9.84 Å². The predicted octanol–water partition coefficient (Wildman–Crippen LogP) is 1.75. The highest BCUT2D eigenvalue weighted by atomic mass is 32.2. The Morgan fingerprint density at radius 2 is 2.08 bits per heavy atom.